The fourth-order valence-electron chi connectivity index (χ4n) is 3.25. The van der Waals surface area contributed by atoms with Gasteiger partial charge in [-0.15, -0.1) is 0 Å². The molecule has 1 aliphatic rings. The zero-order valence-electron chi connectivity index (χ0n) is 12.2. The normalized spacial score (nSPS) is 29.8. The number of unbranched alkanes of at least 4 members (excludes halogenated alkanes) is 1. The maximum absolute atomic E-state index is 9.49. The van der Waals surface area contributed by atoms with E-state index in [-0.39, 0.29) is 0 Å². The lowest BCUT2D eigenvalue weighted by atomic mass is 9.97. The molecule has 1 fully saturated rings. The molecule has 0 amide bonds. The largest absolute Gasteiger partial charge is 0.396 e. The number of hydrogen-bond acceptors (Lipinski definition) is 1. The summed E-state index contributed by atoms with van der Waals surface area (Å²) in [5, 5.41) is 9.49. The molecule has 19 heavy (non-hydrogen) atoms. The molecule has 1 N–H and O–H groups in total. The van der Waals surface area contributed by atoms with Gasteiger partial charge in [0.05, 0.1) is 0 Å². The Hall–Kier alpha value is -1.08. The fourth-order valence-corrected chi connectivity index (χ4v) is 3.25. The number of rotatable bonds is 7. The Labute approximate surface area is 117 Å². The first-order valence-electron chi connectivity index (χ1n) is 7.53. The molecule has 3 atom stereocenters. The molecule has 1 aromatic rings. The molecule has 0 saturated heterocycles. The van der Waals surface area contributed by atoms with Gasteiger partial charge >= 0.3 is 0 Å². The summed E-state index contributed by atoms with van der Waals surface area (Å²) < 4.78 is 0. The van der Waals surface area contributed by atoms with Crippen molar-refractivity contribution in [3.8, 4) is 0 Å². The summed E-state index contributed by atoms with van der Waals surface area (Å²) >= 11 is 0. The summed E-state index contributed by atoms with van der Waals surface area (Å²) in [5.74, 6) is 1.05. The van der Waals surface area contributed by atoms with Crippen LogP contribution < -0.4 is 0 Å². The molecular formula is C18H26O. The second kappa shape index (κ2) is 6.38. The molecule has 0 bridgehead atoms. The van der Waals surface area contributed by atoms with Gasteiger partial charge in [-0.1, -0.05) is 69.2 Å². The van der Waals surface area contributed by atoms with Crippen LogP contribution in [0.4, 0.5) is 0 Å². The Bertz CT molecular complexity index is 409. The molecule has 0 radical (unpaired) electrons. The molecule has 1 saturated carbocycles. The molecule has 1 aliphatic carbocycles. The zero-order chi connectivity index (χ0) is 13.7. The maximum atomic E-state index is 9.49. The van der Waals surface area contributed by atoms with Crippen molar-refractivity contribution in [1.29, 1.82) is 0 Å². The predicted octanol–water partition coefficient (Wildman–Crippen LogP) is 4.22. The Morgan fingerprint density at radius 2 is 2.00 bits per heavy atom. The highest BCUT2D eigenvalue weighted by Gasteiger charge is 2.58. The van der Waals surface area contributed by atoms with Gasteiger partial charge in [-0.25, -0.2) is 0 Å². The molecular weight excluding hydrogens is 232 g/mol. The highest BCUT2D eigenvalue weighted by molar-refractivity contribution is 5.21. The summed E-state index contributed by atoms with van der Waals surface area (Å²) in [4.78, 5) is 0. The molecule has 0 spiro atoms. The molecule has 1 aromatic carbocycles. The summed E-state index contributed by atoms with van der Waals surface area (Å²) in [5.41, 5.74) is 1.70. The van der Waals surface area contributed by atoms with Crippen LogP contribution in [0.15, 0.2) is 42.5 Å². The maximum Gasteiger partial charge on any atom is 0.0470 e. The van der Waals surface area contributed by atoms with E-state index in [0.717, 1.165) is 6.42 Å². The molecule has 0 unspecified atom stereocenters. The first-order valence-corrected chi connectivity index (χ1v) is 7.53. The third kappa shape index (κ3) is 3.27. The Kier molecular flexibility index (Phi) is 4.81. The molecule has 1 heteroatoms. The van der Waals surface area contributed by atoms with Crippen molar-refractivity contribution in [2.45, 2.75) is 39.5 Å². The Morgan fingerprint density at radius 1 is 1.26 bits per heavy atom. The van der Waals surface area contributed by atoms with E-state index in [0.29, 0.717) is 23.9 Å². The Morgan fingerprint density at radius 3 is 2.63 bits per heavy atom. The van der Waals surface area contributed by atoms with E-state index in [4.69, 9.17) is 0 Å². The van der Waals surface area contributed by atoms with Gasteiger partial charge in [-0.3, -0.25) is 0 Å². The lowest BCUT2D eigenvalue weighted by Crippen LogP contribution is -2.01. The number of benzene rings is 1. The van der Waals surface area contributed by atoms with Gasteiger partial charge < -0.3 is 5.11 Å². The van der Waals surface area contributed by atoms with Gasteiger partial charge in [0.2, 0.25) is 0 Å². The highest BCUT2D eigenvalue weighted by atomic mass is 16.3. The molecule has 0 aromatic heterocycles. The van der Waals surface area contributed by atoms with Crippen LogP contribution in [0.25, 0.3) is 0 Å². The van der Waals surface area contributed by atoms with Gasteiger partial charge in [-0.2, -0.15) is 0 Å². The molecule has 0 heterocycles. The van der Waals surface area contributed by atoms with Crippen molar-refractivity contribution in [3.05, 3.63) is 48.0 Å². The van der Waals surface area contributed by atoms with Crippen molar-refractivity contribution in [3.63, 3.8) is 0 Å². The van der Waals surface area contributed by atoms with Crippen LogP contribution in [0.2, 0.25) is 0 Å². The van der Waals surface area contributed by atoms with Crippen molar-refractivity contribution in [2.75, 3.05) is 6.61 Å². The van der Waals surface area contributed by atoms with Crippen LogP contribution in [-0.4, -0.2) is 11.7 Å². The number of allylic oxidation sites excluding steroid dienone is 2. The second-order valence-electron chi connectivity index (χ2n) is 6.04. The van der Waals surface area contributed by atoms with E-state index >= 15 is 0 Å². The first kappa shape index (κ1) is 14.3. The topological polar surface area (TPSA) is 20.2 Å². The van der Waals surface area contributed by atoms with Gasteiger partial charge in [0, 0.05) is 6.61 Å². The molecule has 104 valence electrons. The van der Waals surface area contributed by atoms with Crippen LogP contribution in [0.5, 0.6) is 0 Å². The minimum atomic E-state index is 0.334. The van der Waals surface area contributed by atoms with Crippen LogP contribution in [-0.2, 0) is 6.42 Å². The minimum Gasteiger partial charge on any atom is -0.396 e. The van der Waals surface area contributed by atoms with E-state index < -0.39 is 0 Å². The standard InChI is InChI=1S/C18H26O/c1-3-4-13-18(2)16(17(18)14-19)12-8-11-15-9-6-5-7-10-15/h5-10,12,16-17,19H,3-4,11,13-14H2,1-2H3/b12-8+/t16-,17+,18+/m1/s1. The molecule has 2 rings (SSSR count). The average Bonchev–Trinajstić information content (AvgIpc) is 3.02. The van der Waals surface area contributed by atoms with Gasteiger partial charge in [-0.05, 0) is 35.7 Å². The van der Waals surface area contributed by atoms with E-state index in [1.54, 1.807) is 0 Å². The SMILES string of the molecule is CCCC[C@@]1(C)[C@H](/C=C/Cc2ccccc2)[C@@H]1CO. The number of aliphatic hydroxyl groups is 1. The van der Waals surface area contributed by atoms with Crippen molar-refractivity contribution in [2.24, 2.45) is 17.3 Å². The monoisotopic (exact) mass is 258 g/mol. The summed E-state index contributed by atoms with van der Waals surface area (Å²) in [6, 6.07) is 10.6. The molecule has 0 aliphatic heterocycles. The van der Waals surface area contributed by atoms with Gasteiger partial charge in [0.25, 0.3) is 0 Å². The third-order valence-corrected chi connectivity index (χ3v) is 4.74. The predicted molar refractivity (Wildman–Crippen MR) is 81.0 cm³/mol. The third-order valence-electron chi connectivity index (χ3n) is 4.74. The molecule has 1 nitrogen and oxygen atoms in total. The van der Waals surface area contributed by atoms with E-state index in [1.165, 1.54) is 24.8 Å². The van der Waals surface area contributed by atoms with E-state index in [2.05, 4.69) is 56.3 Å². The van der Waals surface area contributed by atoms with Crippen molar-refractivity contribution in [1.82, 2.24) is 0 Å². The number of aliphatic hydroxyl groups excluding tert-OH is 1. The minimum absolute atomic E-state index is 0.334. The summed E-state index contributed by atoms with van der Waals surface area (Å²) in [6.45, 7) is 4.90. The van der Waals surface area contributed by atoms with Crippen LogP contribution in [0.1, 0.15) is 38.7 Å². The van der Waals surface area contributed by atoms with Crippen molar-refractivity contribution < 1.29 is 5.11 Å². The smallest absolute Gasteiger partial charge is 0.0470 e. The lowest BCUT2D eigenvalue weighted by Gasteiger charge is -2.09. The lowest BCUT2D eigenvalue weighted by molar-refractivity contribution is 0.248. The van der Waals surface area contributed by atoms with E-state index in [9.17, 15) is 5.11 Å². The van der Waals surface area contributed by atoms with Crippen molar-refractivity contribution >= 4 is 0 Å². The summed E-state index contributed by atoms with van der Waals surface area (Å²) in [6.07, 6.45) is 9.38. The number of hydrogen-bond donors (Lipinski definition) is 1. The second-order valence-corrected chi connectivity index (χ2v) is 6.04. The summed E-state index contributed by atoms with van der Waals surface area (Å²) in [7, 11) is 0. The average molecular weight is 258 g/mol. The fraction of sp³-hybridized carbons (Fsp3) is 0.556. The van der Waals surface area contributed by atoms with Crippen LogP contribution in [0.3, 0.4) is 0 Å². The van der Waals surface area contributed by atoms with Gasteiger partial charge in [0.1, 0.15) is 0 Å². The van der Waals surface area contributed by atoms with Crippen LogP contribution in [0, 0.1) is 17.3 Å². The first-order chi connectivity index (χ1) is 9.22. The quantitative estimate of drug-likeness (QED) is 0.726. The van der Waals surface area contributed by atoms with Gasteiger partial charge in [0.15, 0.2) is 0 Å². The van der Waals surface area contributed by atoms with E-state index in [1.807, 2.05) is 0 Å². The highest BCUT2D eigenvalue weighted by Crippen LogP contribution is 2.61. The Balaban J connectivity index is 1.88. The van der Waals surface area contributed by atoms with Crippen LogP contribution >= 0.6 is 0 Å². The zero-order valence-corrected chi connectivity index (χ0v) is 12.2.